The quantitative estimate of drug-likeness (QED) is 0.498. The summed E-state index contributed by atoms with van der Waals surface area (Å²) in [6, 6.07) is 12.8. The van der Waals surface area contributed by atoms with Crippen LogP contribution in [0.3, 0.4) is 0 Å². The summed E-state index contributed by atoms with van der Waals surface area (Å²) in [5.74, 6) is 0.146. The molecule has 1 aromatic heterocycles. The summed E-state index contributed by atoms with van der Waals surface area (Å²) < 4.78 is 5.36. The molecule has 0 aliphatic heterocycles. The molecule has 3 rings (SSSR count). The number of halogens is 1. The number of nitrogens with zero attached hydrogens (tertiary/aromatic N) is 2. The molecule has 1 amide bonds. The van der Waals surface area contributed by atoms with Gasteiger partial charge in [0.2, 0.25) is 0 Å². The number of nitro groups is 1. The van der Waals surface area contributed by atoms with Gasteiger partial charge < -0.3 is 4.74 Å². The molecular weight excluding hydrogens is 378 g/mol. The summed E-state index contributed by atoms with van der Waals surface area (Å²) in [7, 11) is 0. The number of non-ortho nitro benzene ring substituents is 1. The molecule has 0 radical (unpaired) electrons. The van der Waals surface area contributed by atoms with Crippen molar-refractivity contribution in [2.45, 2.75) is 0 Å². The van der Waals surface area contributed by atoms with E-state index in [9.17, 15) is 14.9 Å². The van der Waals surface area contributed by atoms with Crippen LogP contribution in [0.25, 0.3) is 11.3 Å². The van der Waals surface area contributed by atoms with Gasteiger partial charge in [-0.15, -0.1) is 11.3 Å². The Bertz CT molecular complexity index is 943. The fraction of sp³-hybridized carbons (Fsp3) is 0.0588. The van der Waals surface area contributed by atoms with Crippen molar-refractivity contribution in [1.82, 2.24) is 4.98 Å². The lowest BCUT2D eigenvalue weighted by atomic mass is 10.1. The molecule has 132 valence electrons. The molecule has 0 atom stereocenters. The predicted octanol–water partition coefficient (Wildman–Crippen LogP) is 4.39. The minimum Gasteiger partial charge on any atom is -0.484 e. The first-order valence-electron chi connectivity index (χ1n) is 7.40. The Morgan fingerprint density at radius 3 is 2.73 bits per heavy atom. The van der Waals surface area contributed by atoms with Gasteiger partial charge in [-0.3, -0.25) is 20.2 Å². The van der Waals surface area contributed by atoms with E-state index < -0.39 is 4.92 Å². The molecule has 3 aromatic rings. The van der Waals surface area contributed by atoms with E-state index in [1.807, 2.05) is 0 Å². The lowest BCUT2D eigenvalue weighted by molar-refractivity contribution is -0.384. The van der Waals surface area contributed by atoms with Gasteiger partial charge in [0.15, 0.2) is 11.7 Å². The normalized spacial score (nSPS) is 10.3. The van der Waals surface area contributed by atoms with Crippen LogP contribution in [0.1, 0.15) is 0 Å². The van der Waals surface area contributed by atoms with Gasteiger partial charge in [-0.2, -0.15) is 0 Å². The van der Waals surface area contributed by atoms with Crippen LogP contribution in [0, 0.1) is 10.1 Å². The molecule has 0 aliphatic carbocycles. The number of hydrogen-bond acceptors (Lipinski definition) is 6. The highest BCUT2D eigenvalue weighted by Crippen LogP contribution is 2.26. The first-order valence-corrected chi connectivity index (χ1v) is 8.65. The molecule has 0 bridgehead atoms. The number of rotatable bonds is 6. The zero-order chi connectivity index (χ0) is 18.5. The second kappa shape index (κ2) is 7.94. The Labute approximate surface area is 157 Å². The van der Waals surface area contributed by atoms with Crippen LogP contribution in [0.15, 0.2) is 53.9 Å². The maximum Gasteiger partial charge on any atom is 0.269 e. The third kappa shape index (κ3) is 4.56. The van der Waals surface area contributed by atoms with Gasteiger partial charge in [-0.05, 0) is 30.3 Å². The Morgan fingerprint density at radius 2 is 2.04 bits per heavy atom. The number of benzene rings is 2. The van der Waals surface area contributed by atoms with E-state index in [1.54, 1.807) is 41.8 Å². The van der Waals surface area contributed by atoms with E-state index in [4.69, 9.17) is 16.3 Å². The SMILES string of the molecule is O=C(COc1cccc(Cl)c1)Nc1nc(-c2ccc([N+](=O)[O-])cc2)cs1. The molecule has 9 heteroatoms. The Kier molecular flexibility index (Phi) is 5.45. The van der Waals surface area contributed by atoms with E-state index in [2.05, 4.69) is 10.3 Å². The molecule has 0 fully saturated rings. The van der Waals surface area contributed by atoms with Crippen LogP contribution in [0.4, 0.5) is 10.8 Å². The number of thiazole rings is 1. The number of carbonyl (C=O) groups is 1. The molecule has 0 saturated heterocycles. The van der Waals surface area contributed by atoms with E-state index in [0.29, 0.717) is 21.6 Å². The summed E-state index contributed by atoms with van der Waals surface area (Å²) in [5.41, 5.74) is 1.36. The number of ether oxygens (including phenoxy) is 1. The first kappa shape index (κ1) is 17.8. The Hall–Kier alpha value is -2.97. The maximum atomic E-state index is 12.0. The van der Waals surface area contributed by atoms with Crippen LogP contribution >= 0.6 is 22.9 Å². The first-order chi connectivity index (χ1) is 12.5. The van der Waals surface area contributed by atoms with Crippen molar-refractivity contribution in [3.05, 3.63) is 69.0 Å². The van der Waals surface area contributed by atoms with Crippen molar-refractivity contribution in [1.29, 1.82) is 0 Å². The number of carbonyl (C=O) groups excluding carboxylic acids is 1. The van der Waals surface area contributed by atoms with E-state index >= 15 is 0 Å². The van der Waals surface area contributed by atoms with E-state index in [1.165, 1.54) is 23.5 Å². The topological polar surface area (TPSA) is 94.4 Å². The summed E-state index contributed by atoms with van der Waals surface area (Å²) in [6.45, 7) is -0.174. The van der Waals surface area contributed by atoms with Gasteiger partial charge in [-0.25, -0.2) is 4.98 Å². The second-order valence-electron chi connectivity index (χ2n) is 5.14. The number of amides is 1. The number of nitrogens with one attached hydrogen (secondary N) is 1. The van der Waals surface area contributed by atoms with Crippen molar-refractivity contribution in [2.75, 3.05) is 11.9 Å². The average Bonchev–Trinajstić information content (AvgIpc) is 3.08. The molecule has 7 nitrogen and oxygen atoms in total. The Balaban J connectivity index is 1.59. The molecule has 0 saturated carbocycles. The summed E-state index contributed by atoms with van der Waals surface area (Å²) in [4.78, 5) is 26.5. The highest BCUT2D eigenvalue weighted by molar-refractivity contribution is 7.14. The van der Waals surface area contributed by atoms with Crippen LogP contribution < -0.4 is 10.1 Å². The number of aromatic nitrogens is 1. The molecule has 26 heavy (non-hydrogen) atoms. The third-order valence-electron chi connectivity index (χ3n) is 3.29. The van der Waals surface area contributed by atoms with Crippen molar-refractivity contribution >= 4 is 39.7 Å². The van der Waals surface area contributed by atoms with Crippen molar-refractivity contribution in [3.8, 4) is 17.0 Å². The highest BCUT2D eigenvalue weighted by atomic mass is 35.5. The summed E-state index contributed by atoms with van der Waals surface area (Å²) in [5, 5.41) is 16.0. The molecule has 1 N–H and O–H groups in total. The van der Waals surface area contributed by atoms with Gasteiger partial charge >= 0.3 is 0 Å². The van der Waals surface area contributed by atoms with Crippen LogP contribution in [0.2, 0.25) is 5.02 Å². The van der Waals surface area contributed by atoms with Gasteiger partial charge in [0.1, 0.15) is 5.75 Å². The fourth-order valence-electron chi connectivity index (χ4n) is 2.08. The lowest BCUT2D eigenvalue weighted by Gasteiger charge is -2.05. The standard InChI is InChI=1S/C17H12ClN3O4S/c18-12-2-1-3-14(8-12)25-9-16(22)20-17-19-15(10-26-17)11-4-6-13(7-5-11)21(23)24/h1-8,10H,9H2,(H,19,20,22). The van der Waals surface area contributed by atoms with Crippen LogP contribution in [-0.2, 0) is 4.79 Å². The number of nitro benzene ring substituents is 1. The zero-order valence-corrected chi connectivity index (χ0v) is 14.8. The molecule has 0 spiro atoms. The zero-order valence-electron chi connectivity index (χ0n) is 13.2. The summed E-state index contributed by atoms with van der Waals surface area (Å²) in [6.07, 6.45) is 0. The van der Waals surface area contributed by atoms with Gasteiger partial charge in [0.25, 0.3) is 11.6 Å². The van der Waals surface area contributed by atoms with E-state index in [0.717, 1.165) is 5.56 Å². The molecule has 1 heterocycles. The summed E-state index contributed by atoms with van der Waals surface area (Å²) >= 11 is 7.11. The van der Waals surface area contributed by atoms with Crippen LogP contribution in [-0.4, -0.2) is 22.4 Å². The minimum atomic E-state index is -0.462. The fourth-order valence-corrected chi connectivity index (χ4v) is 2.99. The molecule has 0 aliphatic rings. The van der Waals surface area contributed by atoms with Crippen LogP contribution in [0.5, 0.6) is 5.75 Å². The number of anilines is 1. The van der Waals surface area contributed by atoms with Gasteiger partial charge in [-0.1, -0.05) is 17.7 Å². The monoisotopic (exact) mass is 389 g/mol. The molecular formula is C17H12ClN3O4S. The van der Waals surface area contributed by atoms with E-state index in [-0.39, 0.29) is 18.2 Å². The minimum absolute atomic E-state index is 0.00988. The van der Waals surface area contributed by atoms with Gasteiger partial charge in [0, 0.05) is 28.1 Å². The second-order valence-corrected chi connectivity index (χ2v) is 6.43. The van der Waals surface area contributed by atoms with Crippen molar-refractivity contribution < 1.29 is 14.5 Å². The maximum absolute atomic E-state index is 12.0. The average molecular weight is 390 g/mol. The number of hydrogen-bond donors (Lipinski definition) is 1. The lowest BCUT2D eigenvalue weighted by Crippen LogP contribution is -2.20. The van der Waals surface area contributed by atoms with Gasteiger partial charge in [0.05, 0.1) is 10.6 Å². The molecule has 0 unspecified atom stereocenters. The third-order valence-corrected chi connectivity index (χ3v) is 4.28. The smallest absolute Gasteiger partial charge is 0.269 e. The largest absolute Gasteiger partial charge is 0.484 e. The predicted molar refractivity (Wildman–Crippen MR) is 99.8 cm³/mol. The van der Waals surface area contributed by atoms with Crippen molar-refractivity contribution in [2.24, 2.45) is 0 Å². The van der Waals surface area contributed by atoms with Crippen molar-refractivity contribution in [3.63, 3.8) is 0 Å². The highest BCUT2D eigenvalue weighted by Gasteiger charge is 2.10. The molecule has 2 aromatic carbocycles. The Morgan fingerprint density at radius 1 is 1.27 bits per heavy atom.